The molecule has 0 unspecified atom stereocenters. The van der Waals surface area contributed by atoms with E-state index in [0.29, 0.717) is 22.3 Å². The Morgan fingerprint density at radius 2 is 1.77 bits per heavy atom. The van der Waals surface area contributed by atoms with E-state index >= 15 is 0 Å². The molecule has 0 aliphatic rings. The number of nitrogens with zero attached hydrogens (tertiary/aromatic N) is 2. The van der Waals surface area contributed by atoms with E-state index in [-0.39, 0.29) is 16.4 Å². The molecule has 2 aromatic carbocycles. The van der Waals surface area contributed by atoms with Gasteiger partial charge in [0, 0.05) is 11.5 Å². The molecule has 0 aliphatic heterocycles. The third-order valence-corrected chi connectivity index (χ3v) is 5.45. The highest BCUT2D eigenvalue weighted by molar-refractivity contribution is 7.20. The second kappa shape index (κ2) is 8.23. The maximum atomic E-state index is 13.6. The van der Waals surface area contributed by atoms with Crippen molar-refractivity contribution in [2.45, 2.75) is 6.92 Å². The van der Waals surface area contributed by atoms with Crippen LogP contribution in [0.3, 0.4) is 0 Å². The van der Waals surface area contributed by atoms with E-state index in [9.17, 15) is 22.8 Å². The van der Waals surface area contributed by atoms with Crippen molar-refractivity contribution in [1.29, 1.82) is 0 Å². The van der Waals surface area contributed by atoms with E-state index in [1.807, 2.05) is 0 Å². The number of aryl methyl sites for hydroxylation is 1. The zero-order chi connectivity index (χ0) is 22.1. The van der Waals surface area contributed by atoms with Crippen LogP contribution in [-0.4, -0.2) is 28.3 Å². The summed E-state index contributed by atoms with van der Waals surface area (Å²) >= 11 is 1.11. The Kier molecular flexibility index (Phi) is 5.47. The molecule has 10 heteroatoms. The van der Waals surface area contributed by atoms with E-state index in [2.05, 4.69) is 10.4 Å². The third-order valence-electron chi connectivity index (χ3n) is 4.36. The number of carbonyl (C=O) groups excluding carboxylic acids is 2. The fourth-order valence-corrected chi connectivity index (χ4v) is 3.96. The highest BCUT2D eigenvalue weighted by Crippen LogP contribution is 2.31. The standard InChI is InChI=1S/C21H14F3N3O3S/c1-11-15-9-18(31-20(15)27(26-11)14-5-2-12(22)3-6-14)21(29)30-10-19(28)25-17-7-4-13(23)8-16(17)24/h2-9H,10H2,1H3,(H,25,28). The maximum Gasteiger partial charge on any atom is 0.348 e. The summed E-state index contributed by atoms with van der Waals surface area (Å²) in [6, 6.07) is 10.0. The number of aromatic nitrogens is 2. The quantitative estimate of drug-likeness (QED) is 0.456. The molecule has 0 saturated heterocycles. The van der Waals surface area contributed by atoms with Crippen molar-refractivity contribution in [2.75, 3.05) is 11.9 Å². The first-order valence-corrected chi connectivity index (χ1v) is 9.80. The number of amides is 1. The molecule has 0 aliphatic carbocycles. The third kappa shape index (κ3) is 4.29. The fraction of sp³-hybridized carbons (Fsp3) is 0.0952. The molecule has 0 atom stereocenters. The van der Waals surface area contributed by atoms with Crippen molar-refractivity contribution in [3.05, 3.63) is 76.6 Å². The molecule has 1 amide bonds. The van der Waals surface area contributed by atoms with E-state index in [4.69, 9.17) is 4.74 Å². The zero-order valence-electron chi connectivity index (χ0n) is 16.0. The predicted molar refractivity (Wildman–Crippen MR) is 109 cm³/mol. The summed E-state index contributed by atoms with van der Waals surface area (Å²) in [6.45, 7) is 1.13. The van der Waals surface area contributed by atoms with Crippen molar-refractivity contribution in [1.82, 2.24) is 9.78 Å². The lowest BCUT2D eigenvalue weighted by Gasteiger charge is -2.07. The van der Waals surface area contributed by atoms with Gasteiger partial charge < -0.3 is 10.1 Å². The van der Waals surface area contributed by atoms with Crippen molar-refractivity contribution < 1.29 is 27.5 Å². The number of rotatable bonds is 5. The molecule has 4 rings (SSSR count). The number of thiophene rings is 1. The molecule has 0 saturated carbocycles. The molecule has 0 bridgehead atoms. The number of esters is 1. The van der Waals surface area contributed by atoms with Crippen LogP contribution in [0, 0.1) is 24.4 Å². The fourth-order valence-electron chi connectivity index (χ4n) is 2.88. The summed E-state index contributed by atoms with van der Waals surface area (Å²) in [5.41, 5.74) is 1.07. The average Bonchev–Trinajstić information content (AvgIpc) is 3.30. The largest absolute Gasteiger partial charge is 0.451 e. The second-order valence-electron chi connectivity index (χ2n) is 6.55. The summed E-state index contributed by atoms with van der Waals surface area (Å²) in [5.74, 6) is -3.60. The summed E-state index contributed by atoms with van der Waals surface area (Å²) in [4.78, 5) is 25.2. The van der Waals surface area contributed by atoms with Crippen LogP contribution in [0.25, 0.3) is 15.9 Å². The monoisotopic (exact) mass is 445 g/mol. The summed E-state index contributed by atoms with van der Waals surface area (Å²) in [7, 11) is 0. The van der Waals surface area contributed by atoms with Crippen LogP contribution in [0.5, 0.6) is 0 Å². The van der Waals surface area contributed by atoms with Gasteiger partial charge in [-0.2, -0.15) is 5.10 Å². The number of anilines is 1. The summed E-state index contributed by atoms with van der Waals surface area (Å²) < 4.78 is 46.3. The number of nitrogens with one attached hydrogen (secondary N) is 1. The van der Waals surface area contributed by atoms with Gasteiger partial charge in [0.15, 0.2) is 6.61 Å². The Morgan fingerprint density at radius 1 is 1.06 bits per heavy atom. The Labute approximate surface area is 177 Å². The molecular weight excluding hydrogens is 431 g/mol. The molecule has 1 N–H and O–H groups in total. The Morgan fingerprint density at radius 3 is 2.48 bits per heavy atom. The molecule has 2 heterocycles. The number of hydrogen-bond acceptors (Lipinski definition) is 5. The molecule has 4 aromatic rings. The van der Waals surface area contributed by atoms with Gasteiger partial charge in [-0.25, -0.2) is 22.6 Å². The van der Waals surface area contributed by atoms with Crippen LogP contribution in [0.4, 0.5) is 18.9 Å². The summed E-state index contributed by atoms with van der Waals surface area (Å²) in [5, 5.41) is 7.34. The number of ether oxygens (including phenoxy) is 1. The van der Waals surface area contributed by atoms with E-state index < -0.39 is 30.1 Å². The predicted octanol–water partition coefficient (Wildman–Crippen LogP) is 4.61. The number of hydrogen-bond donors (Lipinski definition) is 1. The molecular formula is C21H14F3N3O3S. The minimum Gasteiger partial charge on any atom is -0.451 e. The van der Waals surface area contributed by atoms with Crippen LogP contribution >= 0.6 is 11.3 Å². The Balaban J connectivity index is 1.47. The molecule has 158 valence electrons. The van der Waals surface area contributed by atoms with Crippen LogP contribution in [0.1, 0.15) is 15.4 Å². The van der Waals surface area contributed by atoms with Crippen molar-refractivity contribution in [3.63, 3.8) is 0 Å². The first-order valence-electron chi connectivity index (χ1n) is 8.99. The number of carbonyl (C=O) groups is 2. The first-order chi connectivity index (χ1) is 14.8. The van der Waals surface area contributed by atoms with Gasteiger partial charge in [0.2, 0.25) is 0 Å². The molecule has 0 radical (unpaired) electrons. The highest BCUT2D eigenvalue weighted by Gasteiger charge is 2.19. The molecule has 0 spiro atoms. The molecule has 31 heavy (non-hydrogen) atoms. The number of fused-ring (bicyclic) bond motifs is 1. The van der Waals surface area contributed by atoms with Crippen molar-refractivity contribution in [2.24, 2.45) is 0 Å². The van der Waals surface area contributed by atoms with Gasteiger partial charge in [-0.15, -0.1) is 11.3 Å². The molecule has 2 aromatic heterocycles. The minimum absolute atomic E-state index is 0.223. The zero-order valence-corrected chi connectivity index (χ0v) is 16.8. The normalized spacial score (nSPS) is 11.0. The highest BCUT2D eigenvalue weighted by atomic mass is 32.1. The van der Waals surface area contributed by atoms with Gasteiger partial charge in [0.1, 0.15) is 27.2 Å². The first kappa shape index (κ1) is 20.6. The lowest BCUT2D eigenvalue weighted by molar-refractivity contribution is -0.119. The lowest BCUT2D eigenvalue weighted by atomic mass is 10.3. The van der Waals surface area contributed by atoms with Gasteiger partial charge in [-0.3, -0.25) is 4.79 Å². The van der Waals surface area contributed by atoms with Gasteiger partial charge in [-0.05, 0) is 49.4 Å². The van der Waals surface area contributed by atoms with Gasteiger partial charge in [-0.1, -0.05) is 0 Å². The van der Waals surface area contributed by atoms with Crippen LogP contribution < -0.4 is 5.32 Å². The maximum absolute atomic E-state index is 13.6. The van der Waals surface area contributed by atoms with Crippen molar-refractivity contribution in [3.8, 4) is 5.69 Å². The van der Waals surface area contributed by atoms with E-state index in [1.165, 1.54) is 12.1 Å². The summed E-state index contributed by atoms with van der Waals surface area (Å²) in [6.07, 6.45) is 0. The molecule has 0 fully saturated rings. The van der Waals surface area contributed by atoms with Crippen molar-refractivity contribution >= 4 is 39.1 Å². The second-order valence-corrected chi connectivity index (χ2v) is 7.58. The van der Waals surface area contributed by atoms with Crippen LogP contribution in [0.15, 0.2) is 48.5 Å². The number of benzene rings is 2. The van der Waals surface area contributed by atoms with E-state index in [1.54, 1.807) is 29.8 Å². The van der Waals surface area contributed by atoms with Crippen LogP contribution in [0.2, 0.25) is 0 Å². The molecule has 6 nitrogen and oxygen atoms in total. The average molecular weight is 445 g/mol. The Bertz CT molecular complexity index is 1300. The van der Waals surface area contributed by atoms with Gasteiger partial charge in [0.05, 0.1) is 17.1 Å². The smallest absolute Gasteiger partial charge is 0.348 e. The topological polar surface area (TPSA) is 73.2 Å². The minimum atomic E-state index is -0.940. The number of halogens is 3. The SMILES string of the molecule is Cc1nn(-c2ccc(F)cc2)c2sc(C(=O)OCC(=O)Nc3ccc(F)cc3F)cc12. The van der Waals surface area contributed by atoms with Gasteiger partial charge >= 0.3 is 5.97 Å². The Hall–Kier alpha value is -3.66. The van der Waals surface area contributed by atoms with Crippen LogP contribution in [-0.2, 0) is 9.53 Å². The van der Waals surface area contributed by atoms with Gasteiger partial charge in [0.25, 0.3) is 5.91 Å². The lowest BCUT2D eigenvalue weighted by Crippen LogP contribution is -2.21. The van der Waals surface area contributed by atoms with E-state index in [0.717, 1.165) is 28.9 Å².